The Morgan fingerprint density at radius 3 is 2.84 bits per heavy atom. The number of aromatic hydroxyl groups is 1. The average molecular weight is 336 g/mol. The summed E-state index contributed by atoms with van der Waals surface area (Å²) in [6, 6.07) is 13.4. The van der Waals surface area contributed by atoms with E-state index in [0.717, 1.165) is 48.5 Å². The Labute approximate surface area is 146 Å². The van der Waals surface area contributed by atoms with Crippen LogP contribution in [0.25, 0.3) is 10.9 Å². The van der Waals surface area contributed by atoms with Crippen LogP contribution < -0.4 is 5.32 Å². The van der Waals surface area contributed by atoms with Crippen molar-refractivity contribution in [3.63, 3.8) is 0 Å². The Hall–Kier alpha value is -2.70. The van der Waals surface area contributed by atoms with E-state index in [0.29, 0.717) is 18.2 Å². The molecule has 3 aromatic rings. The van der Waals surface area contributed by atoms with E-state index in [2.05, 4.69) is 20.2 Å². The van der Waals surface area contributed by atoms with Gasteiger partial charge in [0.15, 0.2) is 0 Å². The zero-order valence-electron chi connectivity index (χ0n) is 13.9. The molecule has 2 heterocycles. The van der Waals surface area contributed by atoms with Crippen molar-refractivity contribution >= 4 is 22.5 Å². The van der Waals surface area contributed by atoms with Gasteiger partial charge in [0.25, 0.3) is 0 Å². The molecule has 2 N–H and O–H groups in total. The minimum atomic E-state index is 0.302. The first-order valence-corrected chi connectivity index (χ1v) is 8.39. The predicted molar refractivity (Wildman–Crippen MR) is 97.0 cm³/mol. The Balaban J connectivity index is 1.54. The van der Waals surface area contributed by atoms with Crippen molar-refractivity contribution < 1.29 is 9.84 Å². The molecule has 0 aliphatic carbocycles. The average Bonchev–Trinajstić information content (AvgIpc) is 2.65. The molecule has 2 aromatic carbocycles. The van der Waals surface area contributed by atoms with E-state index < -0.39 is 0 Å². The van der Waals surface area contributed by atoms with Crippen LogP contribution in [0.4, 0.5) is 11.6 Å². The van der Waals surface area contributed by atoms with Gasteiger partial charge in [-0.3, -0.25) is 4.90 Å². The van der Waals surface area contributed by atoms with Gasteiger partial charge in [-0.1, -0.05) is 18.2 Å². The van der Waals surface area contributed by atoms with Crippen LogP contribution in [0.1, 0.15) is 5.56 Å². The summed E-state index contributed by atoms with van der Waals surface area (Å²) in [6.07, 6.45) is 1.81. The molecular formula is C19H20N4O2. The second-order valence-corrected chi connectivity index (χ2v) is 6.11. The van der Waals surface area contributed by atoms with Gasteiger partial charge in [-0.05, 0) is 24.3 Å². The van der Waals surface area contributed by atoms with Gasteiger partial charge in [0, 0.05) is 42.5 Å². The summed E-state index contributed by atoms with van der Waals surface area (Å²) in [4.78, 5) is 11.2. The number of rotatable bonds is 4. The minimum absolute atomic E-state index is 0.302. The van der Waals surface area contributed by atoms with Crippen LogP contribution in [0.3, 0.4) is 0 Å². The molecule has 1 aliphatic rings. The van der Waals surface area contributed by atoms with Crippen LogP contribution in [-0.4, -0.2) is 46.3 Å². The molecule has 4 rings (SSSR count). The highest BCUT2D eigenvalue weighted by Crippen LogP contribution is 2.25. The van der Waals surface area contributed by atoms with E-state index in [4.69, 9.17) is 4.74 Å². The second kappa shape index (κ2) is 7.04. The van der Waals surface area contributed by atoms with Gasteiger partial charge in [-0.2, -0.15) is 0 Å². The van der Waals surface area contributed by atoms with Crippen molar-refractivity contribution in [3.05, 3.63) is 54.2 Å². The monoisotopic (exact) mass is 336 g/mol. The van der Waals surface area contributed by atoms with E-state index in [1.54, 1.807) is 12.3 Å². The lowest BCUT2D eigenvalue weighted by molar-refractivity contribution is 0.0339. The number of phenols is 1. The van der Waals surface area contributed by atoms with Gasteiger partial charge < -0.3 is 15.2 Å². The third-order valence-electron chi connectivity index (χ3n) is 4.32. The zero-order chi connectivity index (χ0) is 17.1. The quantitative estimate of drug-likeness (QED) is 0.714. The van der Waals surface area contributed by atoms with E-state index in [1.807, 2.05) is 36.4 Å². The van der Waals surface area contributed by atoms with E-state index in [9.17, 15) is 5.11 Å². The molecule has 0 spiro atoms. The standard InChI is InChI=1S/C19H20N4O2/c24-18-6-5-16(11-15(18)13-23-7-9-25-10-8-23)21-19-20-12-14-3-1-2-4-17(14)22-19/h1-6,11-12,24H,7-10,13H2,(H,20,21,22). The fourth-order valence-corrected chi connectivity index (χ4v) is 2.95. The maximum Gasteiger partial charge on any atom is 0.227 e. The Morgan fingerprint density at radius 1 is 1.12 bits per heavy atom. The number of anilines is 2. The number of fused-ring (bicyclic) bond motifs is 1. The molecule has 1 aliphatic heterocycles. The summed E-state index contributed by atoms with van der Waals surface area (Å²) in [7, 11) is 0. The van der Waals surface area contributed by atoms with Gasteiger partial charge >= 0.3 is 0 Å². The fraction of sp³-hybridized carbons (Fsp3) is 0.263. The molecule has 0 saturated carbocycles. The number of aromatic nitrogens is 2. The van der Waals surface area contributed by atoms with Crippen LogP contribution in [0.5, 0.6) is 5.75 Å². The molecule has 6 heteroatoms. The number of phenolic OH excluding ortho intramolecular Hbond substituents is 1. The lowest BCUT2D eigenvalue weighted by Gasteiger charge is -2.27. The van der Waals surface area contributed by atoms with E-state index >= 15 is 0 Å². The van der Waals surface area contributed by atoms with Crippen molar-refractivity contribution in [3.8, 4) is 5.75 Å². The Morgan fingerprint density at radius 2 is 1.96 bits per heavy atom. The van der Waals surface area contributed by atoms with Crippen molar-refractivity contribution in [2.45, 2.75) is 6.54 Å². The van der Waals surface area contributed by atoms with Crippen molar-refractivity contribution in [2.24, 2.45) is 0 Å². The lowest BCUT2D eigenvalue weighted by Crippen LogP contribution is -2.35. The molecule has 128 valence electrons. The van der Waals surface area contributed by atoms with Gasteiger partial charge in [-0.15, -0.1) is 0 Å². The molecule has 1 fully saturated rings. The molecule has 6 nitrogen and oxygen atoms in total. The molecule has 1 aromatic heterocycles. The van der Waals surface area contributed by atoms with Gasteiger partial charge in [0.05, 0.1) is 18.7 Å². The Kier molecular flexibility index (Phi) is 4.45. The molecule has 0 unspecified atom stereocenters. The van der Waals surface area contributed by atoms with Gasteiger partial charge in [0.2, 0.25) is 5.95 Å². The molecule has 0 bridgehead atoms. The third kappa shape index (κ3) is 3.70. The summed E-state index contributed by atoms with van der Waals surface area (Å²) >= 11 is 0. The number of morpholine rings is 1. The number of nitrogens with zero attached hydrogens (tertiary/aromatic N) is 3. The molecule has 0 atom stereocenters. The molecular weight excluding hydrogens is 316 g/mol. The largest absolute Gasteiger partial charge is 0.508 e. The molecule has 0 radical (unpaired) electrons. The Bertz CT molecular complexity index is 878. The highest BCUT2D eigenvalue weighted by Gasteiger charge is 2.13. The third-order valence-corrected chi connectivity index (χ3v) is 4.32. The van der Waals surface area contributed by atoms with Crippen molar-refractivity contribution in [1.82, 2.24) is 14.9 Å². The molecule has 1 saturated heterocycles. The number of hydrogen-bond donors (Lipinski definition) is 2. The lowest BCUT2D eigenvalue weighted by atomic mass is 10.1. The number of nitrogens with one attached hydrogen (secondary N) is 1. The highest BCUT2D eigenvalue weighted by atomic mass is 16.5. The summed E-state index contributed by atoms with van der Waals surface area (Å²) < 4.78 is 5.37. The highest BCUT2D eigenvalue weighted by molar-refractivity contribution is 5.78. The van der Waals surface area contributed by atoms with Crippen molar-refractivity contribution in [1.29, 1.82) is 0 Å². The summed E-state index contributed by atoms with van der Waals surface area (Å²) in [5, 5.41) is 14.4. The first kappa shape index (κ1) is 15.8. The number of para-hydroxylation sites is 1. The maximum atomic E-state index is 10.2. The van der Waals surface area contributed by atoms with Crippen LogP contribution in [0.2, 0.25) is 0 Å². The van der Waals surface area contributed by atoms with Gasteiger partial charge in [-0.25, -0.2) is 9.97 Å². The molecule has 0 amide bonds. The number of benzene rings is 2. The van der Waals surface area contributed by atoms with Crippen LogP contribution in [0, 0.1) is 0 Å². The SMILES string of the molecule is Oc1ccc(Nc2ncc3ccccc3n2)cc1CN1CCOCC1. The normalized spacial score (nSPS) is 15.4. The van der Waals surface area contributed by atoms with Gasteiger partial charge in [0.1, 0.15) is 5.75 Å². The van der Waals surface area contributed by atoms with Crippen LogP contribution in [0.15, 0.2) is 48.7 Å². The number of hydrogen-bond acceptors (Lipinski definition) is 6. The fourth-order valence-electron chi connectivity index (χ4n) is 2.95. The first-order chi connectivity index (χ1) is 12.3. The smallest absolute Gasteiger partial charge is 0.227 e. The maximum absolute atomic E-state index is 10.2. The number of ether oxygens (including phenoxy) is 1. The topological polar surface area (TPSA) is 70.5 Å². The molecule has 25 heavy (non-hydrogen) atoms. The van der Waals surface area contributed by atoms with Crippen LogP contribution in [-0.2, 0) is 11.3 Å². The summed E-state index contributed by atoms with van der Waals surface area (Å²) in [5.74, 6) is 0.846. The first-order valence-electron chi connectivity index (χ1n) is 8.39. The van der Waals surface area contributed by atoms with E-state index in [-0.39, 0.29) is 0 Å². The zero-order valence-corrected chi connectivity index (χ0v) is 13.9. The van der Waals surface area contributed by atoms with Crippen LogP contribution >= 0.6 is 0 Å². The second-order valence-electron chi connectivity index (χ2n) is 6.11. The summed E-state index contributed by atoms with van der Waals surface area (Å²) in [5.41, 5.74) is 2.64. The predicted octanol–water partition coefficient (Wildman–Crippen LogP) is 2.91. The van der Waals surface area contributed by atoms with Crippen molar-refractivity contribution in [2.75, 3.05) is 31.6 Å². The minimum Gasteiger partial charge on any atom is -0.508 e. The summed E-state index contributed by atoms with van der Waals surface area (Å²) in [6.45, 7) is 3.94. The van der Waals surface area contributed by atoms with E-state index in [1.165, 1.54) is 0 Å².